The molecule has 12 rings (SSSR count). The number of benzene rings is 3. The molecule has 459 valence electrons. The minimum Gasteiger partial charge on any atom is -0.343 e. The number of hydrogen-bond acceptors (Lipinski definition) is 10. The first-order valence-corrected chi connectivity index (χ1v) is 34.3. The molecule has 1 N–H and O–H groups in total. The lowest BCUT2D eigenvalue weighted by Gasteiger charge is -2.64. The van der Waals surface area contributed by atoms with Crippen LogP contribution in [0.4, 0.5) is 0 Å². The number of fused-ring (bicyclic) bond motifs is 2. The predicted octanol–water partition coefficient (Wildman–Crippen LogP) is 11.1. The van der Waals surface area contributed by atoms with Crippen LogP contribution in [0.2, 0.25) is 0 Å². The van der Waals surface area contributed by atoms with Crippen molar-refractivity contribution in [2.45, 2.75) is 172 Å². The zero-order valence-corrected chi connectivity index (χ0v) is 52.0. The number of likely N-dealkylation sites (tertiary alicyclic amines) is 2. The van der Waals surface area contributed by atoms with Gasteiger partial charge in [0.25, 0.3) is 0 Å². The number of piperidine rings is 2. The number of ketones is 1. The molecule has 9 aliphatic rings. The quantitative estimate of drug-likeness (QED) is 0.0868. The molecule has 2 amide bonds. The third-order valence-electron chi connectivity index (χ3n) is 16.8. The van der Waals surface area contributed by atoms with E-state index < -0.39 is 30.1 Å². The number of alkyl halides is 1. The number of carbonyl (C=O) groups is 4. The van der Waals surface area contributed by atoms with Gasteiger partial charge in [0.15, 0.2) is 0 Å². The Morgan fingerprint density at radius 3 is 1.39 bits per heavy atom. The fraction of sp³-hybridized carbons (Fsp3) is 0.587. The molecule has 2 bridgehead atoms. The molecule has 3 aromatic rings. The maximum Gasteiger partial charge on any atom is 0.243 e. The van der Waals surface area contributed by atoms with E-state index in [0.29, 0.717) is 35.2 Å². The summed E-state index contributed by atoms with van der Waals surface area (Å²) < 4.78 is 81.0. The van der Waals surface area contributed by atoms with Crippen molar-refractivity contribution in [3.63, 3.8) is 0 Å². The Labute approximate surface area is 509 Å². The Balaban J connectivity index is 0.000000290. The third kappa shape index (κ3) is 19.9. The van der Waals surface area contributed by atoms with Gasteiger partial charge in [-0.15, -0.1) is 0 Å². The molecule has 0 aromatic heterocycles. The van der Waals surface area contributed by atoms with Gasteiger partial charge in [-0.2, -0.15) is 8.61 Å². The number of nitrogens with one attached hydrogen (secondary N) is 1. The summed E-state index contributed by atoms with van der Waals surface area (Å²) >= 11 is 3.35. The first-order chi connectivity index (χ1) is 38.3. The first kappa shape index (κ1) is 73.0. The number of hydrogen-bond donors (Lipinski definition) is 1. The summed E-state index contributed by atoms with van der Waals surface area (Å²) in [7, 11) is -10.6. The summed E-state index contributed by atoms with van der Waals surface area (Å²) in [6.07, 6.45) is 25.7. The van der Waals surface area contributed by atoms with Gasteiger partial charge in [-0.3, -0.25) is 14.4 Å². The number of amides is 2. The van der Waals surface area contributed by atoms with Crippen molar-refractivity contribution >= 4 is 78.8 Å². The SMILES string of the molecule is BrCC=C1CCC1.C.C.C1CCC1.C=O.Cc1ccc(S(=O)(=O)N(CC=C2CCC2)CCC(=O)N2CCCC2)cc1.Cc1ccc(S(=O)(=O)N2CC3C(=O)C(C2)C32CCC2)cc1.Cc1ccc(S(=O)(=O)NCCC(=O)N2CCCC2)cc1.[B]. The van der Waals surface area contributed by atoms with Gasteiger partial charge < -0.3 is 14.6 Å². The number of aryl methyl sites for hydroxylation is 3. The Morgan fingerprint density at radius 1 is 0.602 bits per heavy atom. The second-order valence-corrected chi connectivity index (χ2v) is 28.6. The average molecular weight is 1270 g/mol. The van der Waals surface area contributed by atoms with Crippen molar-refractivity contribution in [1.29, 1.82) is 0 Å². The van der Waals surface area contributed by atoms with Crippen molar-refractivity contribution in [2.24, 2.45) is 17.3 Å². The summed E-state index contributed by atoms with van der Waals surface area (Å²) in [5.74, 6) is 0.275. The minimum atomic E-state index is -3.60. The Kier molecular flexibility index (Phi) is 30.5. The zero-order chi connectivity index (χ0) is 57.9. The van der Waals surface area contributed by atoms with Crippen LogP contribution in [0.3, 0.4) is 0 Å². The smallest absolute Gasteiger partial charge is 0.243 e. The second-order valence-electron chi connectivity index (χ2n) is 22.3. The number of carbonyl (C=O) groups excluding carboxylic acids is 4. The molecule has 2 atom stereocenters. The van der Waals surface area contributed by atoms with E-state index in [4.69, 9.17) is 4.79 Å². The molecule has 5 aliphatic carbocycles. The first-order valence-electron chi connectivity index (χ1n) is 28.8. The number of halogens is 1. The van der Waals surface area contributed by atoms with Gasteiger partial charge in [0.1, 0.15) is 12.6 Å². The number of Topliss-reactive ketones (excluding diaryl/α,β-unsaturated/α-hetero) is 1. The van der Waals surface area contributed by atoms with E-state index >= 15 is 0 Å². The third-order valence-corrected chi connectivity index (χ3v) is 22.4. The molecule has 5 saturated carbocycles. The number of allylic oxidation sites excluding steroid dienone is 3. The largest absolute Gasteiger partial charge is 0.343 e. The topological polar surface area (TPSA) is 196 Å². The molecule has 83 heavy (non-hydrogen) atoms. The lowest BCUT2D eigenvalue weighted by Crippen LogP contribution is -2.71. The summed E-state index contributed by atoms with van der Waals surface area (Å²) in [6.45, 7) is 12.4. The Morgan fingerprint density at radius 2 is 1.01 bits per heavy atom. The van der Waals surface area contributed by atoms with E-state index in [1.165, 1.54) is 72.0 Å². The lowest BCUT2D eigenvalue weighted by atomic mass is 9.42. The molecule has 4 aliphatic heterocycles. The molecule has 3 aromatic carbocycles. The van der Waals surface area contributed by atoms with Crippen LogP contribution in [0, 0.1) is 38.0 Å². The molecule has 20 heteroatoms. The van der Waals surface area contributed by atoms with Crippen LogP contribution < -0.4 is 4.72 Å². The van der Waals surface area contributed by atoms with Gasteiger partial charge in [-0.25, -0.2) is 30.0 Å². The highest BCUT2D eigenvalue weighted by molar-refractivity contribution is 9.09. The summed E-state index contributed by atoms with van der Waals surface area (Å²) in [5, 5.41) is 1.04. The van der Waals surface area contributed by atoms with Crippen LogP contribution in [-0.4, -0.2) is 141 Å². The van der Waals surface area contributed by atoms with E-state index in [0.717, 1.165) is 99.6 Å². The Hall–Kier alpha value is -4.31. The van der Waals surface area contributed by atoms with Crippen molar-refractivity contribution in [1.82, 2.24) is 23.1 Å². The van der Waals surface area contributed by atoms with Crippen LogP contribution in [0.25, 0.3) is 0 Å². The molecular weight excluding hydrogens is 1170 g/mol. The lowest BCUT2D eigenvalue weighted by molar-refractivity contribution is -0.182. The van der Waals surface area contributed by atoms with Crippen molar-refractivity contribution in [2.75, 3.05) is 64.2 Å². The van der Waals surface area contributed by atoms with Gasteiger partial charge in [-0.1, -0.05) is 139 Å². The summed E-state index contributed by atoms with van der Waals surface area (Å²) in [4.78, 5) is 48.7. The molecule has 4 heterocycles. The fourth-order valence-electron chi connectivity index (χ4n) is 10.8. The molecule has 15 nitrogen and oxygen atoms in total. The van der Waals surface area contributed by atoms with E-state index in [1.807, 2.05) is 62.8 Å². The maximum absolute atomic E-state index is 13.1. The zero-order valence-electron chi connectivity index (χ0n) is 48.0. The van der Waals surface area contributed by atoms with Crippen LogP contribution in [0.1, 0.15) is 154 Å². The summed E-state index contributed by atoms with van der Waals surface area (Å²) in [6, 6.07) is 20.5. The fourth-order valence-corrected chi connectivity index (χ4v) is 15.1. The van der Waals surface area contributed by atoms with Crippen LogP contribution in [0.5, 0.6) is 0 Å². The molecule has 9 fully saturated rings. The van der Waals surface area contributed by atoms with E-state index in [2.05, 4.69) is 26.7 Å². The van der Waals surface area contributed by atoms with Crippen LogP contribution in [-0.2, 0) is 49.2 Å². The van der Waals surface area contributed by atoms with Crippen molar-refractivity contribution in [3.05, 3.63) is 113 Å². The van der Waals surface area contributed by atoms with Gasteiger partial charge in [0.05, 0.1) is 14.7 Å². The standard InChI is InChI=1S/C20H28N2O3S.C16H19NO3S.C14H20N2O3S.C6H9Br.C4H8.CH2O.2CH4.B/c1-17-7-9-19(10-8-17)26(24,25)22(15-11-18-5-4-6-18)16-12-20(23)21-13-2-3-14-21;1-11-3-5-12(6-4-11)21(19,20)17-9-13-15(18)14(10-17)16(13)7-2-8-16;1-12-4-6-13(7-5-12)20(18,19)15-9-8-14(17)16-10-2-3-11-16;7-5-4-6-2-1-3-6;1-2-4-3-1;1-2;;;/h7-11H,2-6,12-16H2,1H3;3-6,13-14H,2,7-10H2,1H3;4-7,15H,2-3,8-11H2,1H3;4H,1-3,5H2;1-4H2;1H2;2*1H4;. The van der Waals surface area contributed by atoms with Crippen LogP contribution in [0.15, 0.2) is 111 Å². The highest BCUT2D eigenvalue weighted by Crippen LogP contribution is 2.64. The summed E-state index contributed by atoms with van der Waals surface area (Å²) in [5.41, 5.74) is 6.19. The van der Waals surface area contributed by atoms with E-state index in [1.54, 1.807) is 59.0 Å². The monoisotopic (exact) mass is 1270 g/mol. The Bertz CT molecular complexity index is 2890. The van der Waals surface area contributed by atoms with Gasteiger partial charge in [0, 0.05) is 97.3 Å². The molecule has 1 spiro atoms. The number of rotatable bonds is 15. The highest BCUT2D eigenvalue weighted by atomic mass is 79.9. The van der Waals surface area contributed by atoms with E-state index in [9.17, 15) is 39.6 Å². The molecular formula is C63H94BBrN5O10S3. The van der Waals surface area contributed by atoms with Gasteiger partial charge >= 0.3 is 0 Å². The normalized spacial score (nSPS) is 19.8. The molecule has 4 saturated heterocycles. The number of sulfonamides is 3. The number of nitrogens with zero attached hydrogens (tertiary/aromatic N) is 4. The van der Waals surface area contributed by atoms with E-state index in [-0.39, 0.29) is 83.2 Å². The minimum absolute atomic E-state index is 0. The highest BCUT2D eigenvalue weighted by Gasteiger charge is 2.67. The second kappa shape index (κ2) is 34.7. The maximum atomic E-state index is 13.1. The molecule has 3 radical (unpaired) electrons. The van der Waals surface area contributed by atoms with Crippen molar-refractivity contribution < 1.29 is 44.4 Å². The average Bonchev–Trinajstić information content (AvgIpc) is 1.54. The molecule has 2 unspecified atom stereocenters. The van der Waals surface area contributed by atoms with Crippen LogP contribution >= 0.6 is 15.9 Å². The van der Waals surface area contributed by atoms with Gasteiger partial charge in [0.2, 0.25) is 41.9 Å². The van der Waals surface area contributed by atoms with Gasteiger partial charge in [-0.05, 0) is 140 Å². The van der Waals surface area contributed by atoms with Crippen molar-refractivity contribution in [3.8, 4) is 0 Å². The predicted molar refractivity (Wildman–Crippen MR) is 338 cm³/mol.